The lowest BCUT2D eigenvalue weighted by Gasteiger charge is -2.23. The molecule has 0 bridgehead atoms. The van der Waals surface area contributed by atoms with E-state index in [4.69, 9.17) is 17.3 Å². The lowest BCUT2D eigenvalue weighted by molar-refractivity contribution is 0.538. The molecule has 0 aliphatic heterocycles. The van der Waals surface area contributed by atoms with Crippen LogP contribution in [0, 0.1) is 19.7 Å². The highest BCUT2D eigenvalue weighted by Crippen LogP contribution is 2.30. The fourth-order valence-electron chi connectivity index (χ4n) is 1.52. The standard InChI is InChI=1S/C11H15ClFN/c1-6-8(11(3,4)14)5-9(13)7(2)10(6)12/h5H,14H2,1-4H3. The van der Waals surface area contributed by atoms with E-state index in [1.807, 2.05) is 20.8 Å². The van der Waals surface area contributed by atoms with Crippen LogP contribution in [0.25, 0.3) is 0 Å². The normalized spacial score (nSPS) is 11.9. The average molecular weight is 216 g/mol. The molecule has 0 spiro atoms. The molecule has 0 aliphatic carbocycles. The summed E-state index contributed by atoms with van der Waals surface area (Å²) in [4.78, 5) is 0. The molecule has 0 saturated heterocycles. The highest BCUT2D eigenvalue weighted by Gasteiger charge is 2.21. The molecule has 0 fully saturated rings. The predicted octanol–water partition coefficient (Wildman–Crippen LogP) is 3.29. The molecule has 0 aliphatic rings. The van der Waals surface area contributed by atoms with E-state index in [1.165, 1.54) is 6.07 Å². The molecule has 14 heavy (non-hydrogen) atoms. The van der Waals surface area contributed by atoms with Crippen molar-refractivity contribution in [1.29, 1.82) is 0 Å². The van der Waals surface area contributed by atoms with E-state index in [1.54, 1.807) is 6.92 Å². The minimum absolute atomic E-state index is 0.297. The summed E-state index contributed by atoms with van der Waals surface area (Å²) in [5.74, 6) is -0.297. The van der Waals surface area contributed by atoms with Crippen molar-refractivity contribution in [3.8, 4) is 0 Å². The second-order valence-corrected chi connectivity index (χ2v) is 4.57. The van der Waals surface area contributed by atoms with Crippen LogP contribution in [-0.2, 0) is 5.54 Å². The van der Waals surface area contributed by atoms with Crippen LogP contribution in [0.1, 0.15) is 30.5 Å². The Kier molecular flexibility index (Phi) is 2.88. The molecular formula is C11H15ClFN. The third-order valence-corrected chi connectivity index (χ3v) is 2.95. The fraction of sp³-hybridized carbons (Fsp3) is 0.455. The molecule has 0 atom stereocenters. The summed E-state index contributed by atoms with van der Waals surface area (Å²) in [6.07, 6.45) is 0. The fourth-order valence-corrected chi connectivity index (χ4v) is 1.71. The van der Waals surface area contributed by atoms with Crippen LogP contribution in [0.15, 0.2) is 6.07 Å². The van der Waals surface area contributed by atoms with Gasteiger partial charge in [0.15, 0.2) is 0 Å². The molecule has 0 aromatic heterocycles. The van der Waals surface area contributed by atoms with Crippen LogP contribution in [0.3, 0.4) is 0 Å². The maximum absolute atomic E-state index is 13.4. The quantitative estimate of drug-likeness (QED) is 0.765. The molecule has 3 heteroatoms. The molecule has 0 radical (unpaired) electrons. The molecule has 1 aromatic carbocycles. The maximum Gasteiger partial charge on any atom is 0.127 e. The molecule has 1 aromatic rings. The highest BCUT2D eigenvalue weighted by atomic mass is 35.5. The van der Waals surface area contributed by atoms with Gasteiger partial charge < -0.3 is 5.73 Å². The van der Waals surface area contributed by atoms with Gasteiger partial charge in [0.2, 0.25) is 0 Å². The summed E-state index contributed by atoms with van der Waals surface area (Å²) in [6.45, 7) is 7.19. The Morgan fingerprint density at radius 1 is 1.29 bits per heavy atom. The van der Waals surface area contributed by atoms with Gasteiger partial charge in [0.25, 0.3) is 0 Å². The van der Waals surface area contributed by atoms with Gasteiger partial charge in [0.05, 0.1) is 0 Å². The lowest BCUT2D eigenvalue weighted by Crippen LogP contribution is -2.30. The van der Waals surface area contributed by atoms with E-state index in [9.17, 15) is 4.39 Å². The number of nitrogens with two attached hydrogens (primary N) is 1. The Morgan fingerprint density at radius 3 is 2.21 bits per heavy atom. The third-order valence-electron chi connectivity index (χ3n) is 2.39. The van der Waals surface area contributed by atoms with Gasteiger partial charge in [-0.1, -0.05) is 11.6 Å². The van der Waals surface area contributed by atoms with Gasteiger partial charge in [-0.15, -0.1) is 0 Å². The van der Waals surface area contributed by atoms with E-state index in [-0.39, 0.29) is 5.82 Å². The molecule has 78 valence electrons. The van der Waals surface area contributed by atoms with Gasteiger partial charge in [0, 0.05) is 16.1 Å². The van der Waals surface area contributed by atoms with E-state index in [2.05, 4.69) is 0 Å². The molecule has 0 heterocycles. The van der Waals surface area contributed by atoms with E-state index in [0.717, 1.165) is 11.1 Å². The van der Waals surface area contributed by atoms with E-state index in [0.29, 0.717) is 10.6 Å². The monoisotopic (exact) mass is 215 g/mol. The maximum atomic E-state index is 13.4. The second-order valence-electron chi connectivity index (χ2n) is 4.19. The zero-order chi connectivity index (χ0) is 11.1. The van der Waals surface area contributed by atoms with Crippen molar-refractivity contribution in [2.75, 3.05) is 0 Å². The van der Waals surface area contributed by atoms with Crippen molar-refractivity contribution in [2.24, 2.45) is 5.73 Å². The molecule has 0 saturated carbocycles. The molecule has 1 rings (SSSR count). The summed E-state index contributed by atoms with van der Waals surface area (Å²) < 4.78 is 13.4. The minimum Gasteiger partial charge on any atom is -0.322 e. The van der Waals surface area contributed by atoms with Crippen molar-refractivity contribution < 1.29 is 4.39 Å². The predicted molar refractivity (Wildman–Crippen MR) is 58.1 cm³/mol. The Balaban J connectivity index is 3.49. The molecule has 1 nitrogen and oxygen atoms in total. The van der Waals surface area contributed by atoms with E-state index >= 15 is 0 Å². The highest BCUT2D eigenvalue weighted by molar-refractivity contribution is 6.32. The second kappa shape index (κ2) is 3.52. The molecule has 0 unspecified atom stereocenters. The van der Waals surface area contributed by atoms with Crippen LogP contribution in [0.2, 0.25) is 5.02 Å². The number of rotatable bonds is 1. The number of hydrogen-bond acceptors (Lipinski definition) is 1. The smallest absolute Gasteiger partial charge is 0.127 e. The van der Waals surface area contributed by atoms with Gasteiger partial charge in [0.1, 0.15) is 5.82 Å². The zero-order valence-electron chi connectivity index (χ0n) is 8.91. The number of hydrogen-bond donors (Lipinski definition) is 1. The average Bonchev–Trinajstić information content (AvgIpc) is 2.06. The van der Waals surface area contributed by atoms with Crippen LogP contribution in [0.5, 0.6) is 0 Å². The summed E-state index contributed by atoms with van der Waals surface area (Å²) >= 11 is 6.00. The Bertz CT molecular complexity index is 367. The SMILES string of the molecule is Cc1c(F)cc(C(C)(C)N)c(C)c1Cl. The van der Waals surface area contributed by atoms with Crippen LogP contribution in [0.4, 0.5) is 4.39 Å². The molecule has 0 amide bonds. The third kappa shape index (κ3) is 1.91. The van der Waals surface area contributed by atoms with Crippen molar-refractivity contribution in [1.82, 2.24) is 0 Å². The Morgan fingerprint density at radius 2 is 1.79 bits per heavy atom. The van der Waals surface area contributed by atoms with Gasteiger partial charge >= 0.3 is 0 Å². The summed E-state index contributed by atoms with van der Waals surface area (Å²) in [5.41, 5.74) is 7.45. The number of halogens is 2. The van der Waals surface area contributed by atoms with Gasteiger partial charge in [-0.3, -0.25) is 0 Å². The van der Waals surface area contributed by atoms with Crippen molar-refractivity contribution >= 4 is 11.6 Å². The van der Waals surface area contributed by atoms with Crippen LogP contribution >= 0.6 is 11.6 Å². The zero-order valence-corrected chi connectivity index (χ0v) is 9.67. The van der Waals surface area contributed by atoms with Gasteiger partial charge in [-0.25, -0.2) is 4.39 Å². The lowest BCUT2D eigenvalue weighted by atomic mass is 9.90. The number of benzene rings is 1. The van der Waals surface area contributed by atoms with Crippen molar-refractivity contribution in [3.63, 3.8) is 0 Å². The van der Waals surface area contributed by atoms with Gasteiger partial charge in [-0.05, 0) is 44.9 Å². The largest absolute Gasteiger partial charge is 0.322 e. The first-order valence-electron chi connectivity index (χ1n) is 4.49. The Hall–Kier alpha value is -0.600. The Labute approximate surface area is 89.1 Å². The summed E-state index contributed by atoms with van der Waals surface area (Å²) in [5, 5.41) is 0.471. The molecular weight excluding hydrogens is 201 g/mol. The first-order chi connectivity index (χ1) is 6.25. The summed E-state index contributed by atoms with van der Waals surface area (Å²) in [7, 11) is 0. The first-order valence-corrected chi connectivity index (χ1v) is 4.87. The van der Waals surface area contributed by atoms with E-state index < -0.39 is 5.54 Å². The van der Waals surface area contributed by atoms with Gasteiger partial charge in [-0.2, -0.15) is 0 Å². The topological polar surface area (TPSA) is 26.0 Å². The van der Waals surface area contributed by atoms with Crippen molar-refractivity contribution in [2.45, 2.75) is 33.2 Å². The summed E-state index contributed by atoms with van der Waals surface area (Å²) in [6, 6.07) is 1.47. The molecule has 2 N–H and O–H groups in total. The minimum atomic E-state index is -0.567. The first kappa shape index (κ1) is 11.5. The van der Waals surface area contributed by atoms with Crippen molar-refractivity contribution in [3.05, 3.63) is 33.6 Å². The van der Waals surface area contributed by atoms with Crippen LogP contribution < -0.4 is 5.73 Å². The van der Waals surface area contributed by atoms with Crippen LogP contribution in [-0.4, -0.2) is 0 Å².